The quantitative estimate of drug-likeness (QED) is 0.927. The molecule has 6 nitrogen and oxygen atoms in total. The monoisotopic (exact) mass is 330 g/mol. The minimum absolute atomic E-state index is 0.103. The molecule has 1 aromatic carbocycles. The molecule has 1 atom stereocenters. The van der Waals surface area contributed by atoms with Gasteiger partial charge in [-0.05, 0) is 18.2 Å². The van der Waals surface area contributed by atoms with Crippen LogP contribution in [0.25, 0.3) is 0 Å². The van der Waals surface area contributed by atoms with Crippen LogP contribution in [0.3, 0.4) is 0 Å². The first-order valence-corrected chi connectivity index (χ1v) is 7.61. The Morgan fingerprint density at radius 3 is 2.74 bits per heavy atom. The second-order valence-electron chi connectivity index (χ2n) is 5.24. The van der Waals surface area contributed by atoms with E-state index >= 15 is 0 Å². The summed E-state index contributed by atoms with van der Waals surface area (Å²) in [7, 11) is 0. The summed E-state index contributed by atoms with van der Waals surface area (Å²) in [5.74, 6) is -0.148. The lowest BCUT2D eigenvalue weighted by Gasteiger charge is -2.17. The first kappa shape index (κ1) is 15.4. The number of anilines is 1. The number of carbonyl (C=O) groups is 2. The van der Waals surface area contributed by atoms with E-state index in [2.05, 4.69) is 15.3 Å². The highest BCUT2D eigenvalue weighted by Gasteiger charge is 2.35. The molecule has 0 radical (unpaired) electrons. The average molecular weight is 331 g/mol. The molecule has 118 valence electrons. The van der Waals surface area contributed by atoms with Crippen LogP contribution < -0.4 is 10.2 Å². The largest absolute Gasteiger partial charge is 0.348 e. The van der Waals surface area contributed by atoms with Crippen molar-refractivity contribution in [2.75, 3.05) is 11.4 Å². The second kappa shape index (κ2) is 6.75. The number of rotatable bonds is 4. The Kier molecular flexibility index (Phi) is 4.52. The van der Waals surface area contributed by atoms with Crippen molar-refractivity contribution < 1.29 is 9.59 Å². The van der Waals surface area contributed by atoms with Gasteiger partial charge < -0.3 is 10.2 Å². The van der Waals surface area contributed by atoms with Crippen LogP contribution in [0, 0.1) is 5.92 Å². The molecule has 0 saturated carbocycles. The van der Waals surface area contributed by atoms with Gasteiger partial charge in [0.05, 0.1) is 23.2 Å². The maximum Gasteiger partial charge on any atom is 0.227 e. The highest BCUT2D eigenvalue weighted by Crippen LogP contribution is 2.30. The van der Waals surface area contributed by atoms with E-state index < -0.39 is 5.92 Å². The van der Waals surface area contributed by atoms with Crippen molar-refractivity contribution in [3.8, 4) is 0 Å². The van der Waals surface area contributed by atoms with Crippen LogP contribution in [0.4, 0.5) is 5.69 Å². The van der Waals surface area contributed by atoms with Gasteiger partial charge >= 0.3 is 0 Å². The van der Waals surface area contributed by atoms with E-state index in [4.69, 9.17) is 11.6 Å². The van der Waals surface area contributed by atoms with Crippen LogP contribution in [0.5, 0.6) is 0 Å². The van der Waals surface area contributed by atoms with E-state index in [1.807, 2.05) is 6.07 Å². The third-order valence-electron chi connectivity index (χ3n) is 3.68. The average Bonchev–Trinajstić information content (AvgIpc) is 2.96. The Morgan fingerprint density at radius 1 is 1.26 bits per heavy atom. The predicted molar refractivity (Wildman–Crippen MR) is 85.8 cm³/mol. The van der Waals surface area contributed by atoms with Gasteiger partial charge in [0, 0.05) is 25.4 Å². The molecule has 1 unspecified atom stereocenters. The van der Waals surface area contributed by atoms with Crippen LogP contribution in [-0.4, -0.2) is 28.3 Å². The summed E-state index contributed by atoms with van der Waals surface area (Å²) < 4.78 is 0. The number of halogens is 1. The van der Waals surface area contributed by atoms with Crippen molar-refractivity contribution in [2.24, 2.45) is 5.92 Å². The maximum absolute atomic E-state index is 12.2. The minimum atomic E-state index is -0.400. The third-order valence-corrected chi connectivity index (χ3v) is 4.00. The van der Waals surface area contributed by atoms with Crippen LogP contribution in [0.1, 0.15) is 12.2 Å². The van der Waals surface area contributed by atoms with Gasteiger partial charge in [-0.2, -0.15) is 0 Å². The Hall–Kier alpha value is -2.47. The van der Waals surface area contributed by atoms with Crippen LogP contribution >= 0.6 is 11.6 Å². The lowest BCUT2D eigenvalue weighted by atomic mass is 10.1. The minimum Gasteiger partial charge on any atom is -0.348 e. The number of benzene rings is 1. The van der Waals surface area contributed by atoms with E-state index in [1.54, 1.807) is 41.6 Å². The summed E-state index contributed by atoms with van der Waals surface area (Å²) in [5, 5.41) is 3.27. The smallest absolute Gasteiger partial charge is 0.227 e. The zero-order chi connectivity index (χ0) is 16.2. The highest BCUT2D eigenvalue weighted by molar-refractivity contribution is 6.33. The molecular weight excluding hydrogens is 316 g/mol. The van der Waals surface area contributed by atoms with Gasteiger partial charge in [-0.1, -0.05) is 23.7 Å². The summed E-state index contributed by atoms with van der Waals surface area (Å²) in [6, 6.07) is 8.83. The maximum atomic E-state index is 12.2. The second-order valence-corrected chi connectivity index (χ2v) is 5.65. The summed E-state index contributed by atoms with van der Waals surface area (Å²) >= 11 is 6.13. The Labute approximate surface area is 138 Å². The van der Waals surface area contributed by atoms with Crippen LogP contribution in [0.2, 0.25) is 5.02 Å². The van der Waals surface area contributed by atoms with Crippen molar-refractivity contribution in [3.63, 3.8) is 0 Å². The summed E-state index contributed by atoms with van der Waals surface area (Å²) in [6.45, 7) is 0.570. The molecule has 1 aromatic heterocycles. The highest BCUT2D eigenvalue weighted by atomic mass is 35.5. The molecule has 1 aliphatic heterocycles. The van der Waals surface area contributed by atoms with Crippen molar-refractivity contribution in [1.29, 1.82) is 0 Å². The van der Waals surface area contributed by atoms with Crippen LogP contribution in [0.15, 0.2) is 42.7 Å². The zero-order valence-corrected chi connectivity index (χ0v) is 13.0. The number of nitrogens with one attached hydrogen (secondary N) is 1. The number of aromatic nitrogens is 2. The van der Waals surface area contributed by atoms with E-state index in [1.165, 1.54) is 0 Å². The third kappa shape index (κ3) is 3.48. The lowest BCUT2D eigenvalue weighted by Crippen LogP contribution is -2.33. The molecule has 1 N–H and O–H groups in total. The summed E-state index contributed by atoms with van der Waals surface area (Å²) in [6.07, 6.45) is 3.41. The van der Waals surface area contributed by atoms with Crippen molar-refractivity contribution in [2.45, 2.75) is 13.0 Å². The fraction of sp³-hybridized carbons (Fsp3) is 0.250. The van der Waals surface area contributed by atoms with Gasteiger partial charge in [-0.25, -0.2) is 9.97 Å². The molecule has 1 aliphatic rings. The van der Waals surface area contributed by atoms with Gasteiger partial charge in [0.1, 0.15) is 5.82 Å². The fourth-order valence-electron chi connectivity index (χ4n) is 2.52. The predicted octanol–water partition coefficient (Wildman–Crippen LogP) is 1.80. The first-order chi connectivity index (χ1) is 11.1. The molecule has 2 heterocycles. The number of hydrogen-bond donors (Lipinski definition) is 1. The van der Waals surface area contributed by atoms with Gasteiger partial charge in [0.15, 0.2) is 0 Å². The molecule has 2 amide bonds. The van der Waals surface area contributed by atoms with E-state index in [0.717, 1.165) is 0 Å². The number of nitrogens with zero attached hydrogens (tertiary/aromatic N) is 3. The molecule has 2 aromatic rings. The van der Waals surface area contributed by atoms with Gasteiger partial charge in [0.2, 0.25) is 11.8 Å². The Bertz CT molecular complexity index is 723. The van der Waals surface area contributed by atoms with E-state index in [9.17, 15) is 9.59 Å². The van der Waals surface area contributed by atoms with Crippen LogP contribution in [-0.2, 0) is 16.1 Å². The summed E-state index contributed by atoms with van der Waals surface area (Å²) in [4.78, 5) is 34.1. The normalized spacial score (nSPS) is 17.3. The molecule has 7 heteroatoms. The molecule has 23 heavy (non-hydrogen) atoms. The van der Waals surface area contributed by atoms with Gasteiger partial charge in [-0.15, -0.1) is 0 Å². The molecule has 0 bridgehead atoms. The molecule has 0 spiro atoms. The SMILES string of the molecule is O=C(NCc1ncccn1)C1CC(=O)N(c2ccccc2Cl)C1. The lowest BCUT2D eigenvalue weighted by molar-refractivity contribution is -0.126. The molecule has 1 fully saturated rings. The van der Waals surface area contributed by atoms with Crippen molar-refractivity contribution >= 4 is 29.1 Å². The number of carbonyl (C=O) groups excluding carboxylic acids is 2. The Balaban J connectivity index is 1.63. The molecular formula is C16H15ClN4O2. The summed E-state index contributed by atoms with van der Waals surface area (Å²) in [5.41, 5.74) is 0.640. The fourth-order valence-corrected chi connectivity index (χ4v) is 2.76. The molecule has 3 rings (SSSR count). The Morgan fingerprint density at radius 2 is 2.00 bits per heavy atom. The number of amides is 2. The van der Waals surface area contributed by atoms with E-state index in [-0.39, 0.29) is 24.8 Å². The molecule has 0 aliphatic carbocycles. The van der Waals surface area contributed by atoms with Crippen molar-refractivity contribution in [1.82, 2.24) is 15.3 Å². The molecule has 1 saturated heterocycles. The van der Waals surface area contributed by atoms with E-state index in [0.29, 0.717) is 23.1 Å². The van der Waals surface area contributed by atoms with Gasteiger partial charge in [0.25, 0.3) is 0 Å². The first-order valence-electron chi connectivity index (χ1n) is 7.23. The zero-order valence-electron chi connectivity index (χ0n) is 12.3. The standard InChI is InChI=1S/C16H15ClN4O2/c17-12-4-1-2-5-13(12)21-10-11(8-15(21)22)16(23)20-9-14-18-6-3-7-19-14/h1-7,11H,8-10H2,(H,20,23). The number of para-hydroxylation sites is 1. The number of hydrogen-bond acceptors (Lipinski definition) is 4. The van der Waals surface area contributed by atoms with Gasteiger partial charge in [-0.3, -0.25) is 9.59 Å². The van der Waals surface area contributed by atoms with Crippen molar-refractivity contribution in [3.05, 3.63) is 53.6 Å². The topological polar surface area (TPSA) is 75.2 Å².